The Morgan fingerprint density at radius 2 is 1.76 bits per heavy atom. The van der Waals surface area contributed by atoms with E-state index in [1.165, 1.54) is 9.21 Å². The van der Waals surface area contributed by atoms with Gasteiger partial charge in [0.25, 0.3) is 5.91 Å². The quantitative estimate of drug-likeness (QED) is 0.551. The molecule has 2 aliphatic rings. The van der Waals surface area contributed by atoms with Gasteiger partial charge in [0, 0.05) is 31.7 Å². The number of halogens is 3. The fraction of sp³-hybridized carbons (Fsp3) is 0.680. The summed E-state index contributed by atoms with van der Waals surface area (Å²) in [7, 11) is -2.37. The zero-order valence-electron chi connectivity index (χ0n) is 21.8. The Bertz CT molecular complexity index is 1090. The molecular weight excluding hydrogens is 511 g/mol. The van der Waals surface area contributed by atoms with Crippen LogP contribution < -0.4 is 5.32 Å². The first-order chi connectivity index (χ1) is 17.1. The maximum absolute atomic E-state index is 13.1. The van der Waals surface area contributed by atoms with Gasteiger partial charge in [0.15, 0.2) is 6.10 Å². The molecule has 0 unspecified atom stereocenters. The second kappa shape index (κ2) is 10.8. The molecule has 1 saturated carbocycles. The van der Waals surface area contributed by atoms with Crippen molar-refractivity contribution in [3.05, 3.63) is 29.8 Å². The van der Waals surface area contributed by atoms with E-state index in [4.69, 9.17) is 4.74 Å². The molecule has 12 heteroatoms. The molecule has 208 valence electrons. The second-order valence-electron chi connectivity index (χ2n) is 10.9. The van der Waals surface area contributed by atoms with E-state index in [2.05, 4.69) is 5.32 Å². The summed E-state index contributed by atoms with van der Waals surface area (Å²) in [5.74, 6) is -0.524. The van der Waals surface area contributed by atoms with Crippen molar-refractivity contribution in [2.24, 2.45) is 11.8 Å². The Morgan fingerprint density at radius 3 is 2.30 bits per heavy atom. The topological polar surface area (TPSA) is 96.0 Å². The van der Waals surface area contributed by atoms with Crippen molar-refractivity contribution in [1.82, 2.24) is 14.5 Å². The summed E-state index contributed by atoms with van der Waals surface area (Å²) in [6.45, 7) is 7.84. The SMILES string of the molecule is CCC[C@H](OC(=O)N(C)C(C)(C)C)C(=O)N[C@@H]1CC[C@@H]2CN(S(=O)(=O)c3ccc(C(F)(F)F)cc3)C[C@@H]21. The molecule has 1 N–H and O–H groups in total. The van der Waals surface area contributed by atoms with Gasteiger partial charge in [0.05, 0.1) is 10.5 Å². The Hall–Kier alpha value is -2.34. The number of benzene rings is 1. The summed E-state index contributed by atoms with van der Waals surface area (Å²) in [5.41, 5.74) is -1.39. The largest absolute Gasteiger partial charge is 0.436 e. The molecule has 1 aliphatic carbocycles. The molecule has 1 aliphatic heterocycles. The molecule has 37 heavy (non-hydrogen) atoms. The standard InChI is InChI=1S/C25H36F3N3O5S/c1-6-7-21(36-23(33)30(5)24(2,3)4)22(32)29-20-13-8-16-14-31(15-19(16)20)37(34,35)18-11-9-17(10-12-18)25(26,27)28/h9-12,16,19-21H,6-8,13-15H2,1-5H3,(H,29,32)/t16-,19+,20-,21+/m1/s1. The van der Waals surface area contributed by atoms with Crippen LogP contribution in [0.3, 0.4) is 0 Å². The molecule has 8 nitrogen and oxygen atoms in total. The zero-order valence-corrected chi connectivity index (χ0v) is 22.7. The van der Waals surface area contributed by atoms with E-state index in [0.29, 0.717) is 25.7 Å². The van der Waals surface area contributed by atoms with Crippen LogP contribution in [-0.4, -0.2) is 67.4 Å². The van der Waals surface area contributed by atoms with Gasteiger partial charge in [-0.2, -0.15) is 17.5 Å². The number of carbonyl (C=O) groups is 2. The van der Waals surface area contributed by atoms with Gasteiger partial charge in [-0.05, 0) is 76.1 Å². The molecule has 3 rings (SSSR count). The van der Waals surface area contributed by atoms with E-state index >= 15 is 0 Å². The van der Waals surface area contributed by atoms with Gasteiger partial charge in [-0.15, -0.1) is 0 Å². The number of sulfonamides is 1. The number of nitrogens with one attached hydrogen (secondary N) is 1. The first kappa shape index (κ1) is 29.2. The monoisotopic (exact) mass is 547 g/mol. The van der Waals surface area contributed by atoms with Crippen LogP contribution in [0.1, 0.15) is 58.9 Å². The molecule has 2 amide bonds. The Morgan fingerprint density at radius 1 is 1.14 bits per heavy atom. The minimum atomic E-state index is -4.55. The number of rotatable bonds is 7. The van der Waals surface area contributed by atoms with Crippen LogP contribution in [0, 0.1) is 11.8 Å². The van der Waals surface area contributed by atoms with Gasteiger partial charge in [0.1, 0.15) is 0 Å². The highest BCUT2D eigenvalue weighted by Crippen LogP contribution is 2.40. The molecular formula is C25H36F3N3O5S. The number of amides is 2. The van der Waals surface area contributed by atoms with Gasteiger partial charge in [-0.1, -0.05) is 13.3 Å². The van der Waals surface area contributed by atoms with E-state index in [9.17, 15) is 31.2 Å². The summed E-state index contributed by atoms with van der Waals surface area (Å²) in [5, 5.41) is 2.97. The second-order valence-corrected chi connectivity index (χ2v) is 12.8. The third kappa shape index (κ3) is 6.57. The Balaban J connectivity index is 1.66. The van der Waals surface area contributed by atoms with Crippen LogP contribution in [0.2, 0.25) is 0 Å². The van der Waals surface area contributed by atoms with Crippen molar-refractivity contribution < 1.29 is 35.9 Å². The number of carbonyl (C=O) groups excluding carboxylic acids is 2. The van der Waals surface area contributed by atoms with E-state index in [1.54, 1.807) is 7.05 Å². The van der Waals surface area contributed by atoms with E-state index in [-0.39, 0.29) is 35.9 Å². The van der Waals surface area contributed by atoms with Crippen molar-refractivity contribution in [2.45, 2.75) is 82.1 Å². The highest BCUT2D eigenvalue weighted by atomic mass is 32.2. The molecule has 0 bridgehead atoms. The Kier molecular flexibility index (Phi) is 8.53. The van der Waals surface area contributed by atoms with Gasteiger partial charge < -0.3 is 15.0 Å². The van der Waals surface area contributed by atoms with Gasteiger partial charge >= 0.3 is 12.3 Å². The lowest BCUT2D eigenvalue weighted by atomic mass is 9.97. The van der Waals surface area contributed by atoms with Gasteiger partial charge in [0.2, 0.25) is 10.0 Å². The van der Waals surface area contributed by atoms with Crippen LogP contribution in [0.15, 0.2) is 29.2 Å². The molecule has 0 aromatic heterocycles. The molecule has 0 radical (unpaired) electrons. The summed E-state index contributed by atoms with van der Waals surface area (Å²) >= 11 is 0. The first-order valence-electron chi connectivity index (χ1n) is 12.5. The lowest BCUT2D eigenvalue weighted by molar-refractivity contribution is -0.137. The lowest BCUT2D eigenvalue weighted by Gasteiger charge is -2.32. The maximum Gasteiger partial charge on any atom is 0.416 e. The minimum Gasteiger partial charge on any atom is -0.436 e. The van der Waals surface area contributed by atoms with Gasteiger partial charge in [-0.25, -0.2) is 13.2 Å². The van der Waals surface area contributed by atoms with Crippen molar-refractivity contribution in [3.63, 3.8) is 0 Å². The van der Waals surface area contributed by atoms with Crippen LogP contribution in [0.4, 0.5) is 18.0 Å². The first-order valence-corrected chi connectivity index (χ1v) is 13.9. The van der Waals surface area contributed by atoms with Crippen molar-refractivity contribution in [2.75, 3.05) is 20.1 Å². The number of ether oxygens (including phenoxy) is 1. The van der Waals surface area contributed by atoms with Crippen molar-refractivity contribution in [1.29, 1.82) is 0 Å². The molecule has 4 atom stereocenters. The third-order valence-electron chi connectivity index (χ3n) is 7.34. The number of alkyl halides is 3. The fourth-order valence-electron chi connectivity index (χ4n) is 4.82. The average Bonchev–Trinajstić information content (AvgIpc) is 3.39. The smallest absolute Gasteiger partial charge is 0.416 e. The fourth-order valence-corrected chi connectivity index (χ4v) is 6.36. The average molecular weight is 548 g/mol. The maximum atomic E-state index is 13.1. The predicted octanol–water partition coefficient (Wildman–Crippen LogP) is 4.26. The number of hydrogen-bond donors (Lipinski definition) is 1. The molecule has 1 saturated heterocycles. The summed E-state index contributed by atoms with van der Waals surface area (Å²) in [4.78, 5) is 26.8. The molecule has 1 aromatic carbocycles. The van der Waals surface area contributed by atoms with E-state index < -0.39 is 45.4 Å². The summed E-state index contributed by atoms with van der Waals surface area (Å²) in [6, 6.07) is 3.19. The molecule has 2 fully saturated rings. The van der Waals surface area contributed by atoms with Crippen molar-refractivity contribution in [3.8, 4) is 0 Å². The number of hydrogen-bond acceptors (Lipinski definition) is 5. The van der Waals surface area contributed by atoms with Crippen LogP contribution in [0.5, 0.6) is 0 Å². The number of fused-ring (bicyclic) bond motifs is 1. The molecule has 1 heterocycles. The van der Waals surface area contributed by atoms with E-state index in [1.807, 2.05) is 27.7 Å². The molecule has 1 aromatic rings. The summed E-state index contributed by atoms with van der Waals surface area (Å²) in [6.07, 6.45) is -3.76. The highest BCUT2D eigenvalue weighted by Gasteiger charge is 2.47. The summed E-state index contributed by atoms with van der Waals surface area (Å²) < 4.78 is 71.6. The Labute approximate surface area is 216 Å². The van der Waals surface area contributed by atoms with Crippen LogP contribution >= 0.6 is 0 Å². The van der Waals surface area contributed by atoms with Crippen molar-refractivity contribution >= 4 is 22.0 Å². The number of nitrogens with zero attached hydrogens (tertiary/aromatic N) is 2. The molecule has 0 spiro atoms. The minimum absolute atomic E-state index is 0.0220. The van der Waals surface area contributed by atoms with Crippen LogP contribution in [0.25, 0.3) is 0 Å². The van der Waals surface area contributed by atoms with Crippen LogP contribution in [-0.2, 0) is 25.7 Å². The van der Waals surface area contributed by atoms with E-state index in [0.717, 1.165) is 24.3 Å². The zero-order chi connectivity index (χ0) is 27.8. The van der Waals surface area contributed by atoms with Gasteiger partial charge in [-0.3, -0.25) is 4.79 Å². The third-order valence-corrected chi connectivity index (χ3v) is 9.18. The lowest BCUT2D eigenvalue weighted by Crippen LogP contribution is -2.49. The predicted molar refractivity (Wildman–Crippen MR) is 131 cm³/mol. The highest BCUT2D eigenvalue weighted by molar-refractivity contribution is 7.89. The normalized spacial score (nSPS) is 23.4.